The van der Waals surface area contributed by atoms with Gasteiger partial charge in [-0.25, -0.2) is 0 Å². The molecule has 0 aliphatic carbocycles. The highest BCUT2D eigenvalue weighted by molar-refractivity contribution is 4.67. The fourth-order valence-electron chi connectivity index (χ4n) is 2.78. The third kappa shape index (κ3) is 14.6. The second-order valence-electron chi connectivity index (χ2n) is 7.08. The average Bonchev–Trinajstić information content (AvgIpc) is 2.45. The van der Waals surface area contributed by atoms with Crippen LogP contribution in [0.3, 0.4) is 0 Å². The predicted octanol–water partition coefficient (Wildman–Crippen LogP) is 5.46. The molecular weight excluding hydrogens is 260 g/mol. The molecule has 2 nitrogen and oxygen atoms in total. The summed E-state index contributed by atoms with van der Waals surface area (Å²) in [5, 5.41) is 19.9. The number of unbranched alkanes of at least 4 members (excludes halogenated alkanes) is 8. The summed E-state index contributed by atoms with van der Waals surface area (Å²) in [6, 6.07) is 0. The van der Waals surface area contributed by atoms with Gasteiger partial charge in [0.15, 0.2) is 0 Å². The molecule has 128 valence electrons. The van der Waals surface area contributed by atoms with E-state index in [1.54, 1.807) is 0 Å². The van der Waals surface area contributed by atoms with Crippen LogP contribution in [0.2, 0.25) is 0 Å². The average molecular weight is 301 g/mol. The first-order valence-corrected chi connectivity index (χ1v) is 9.44. The van der Waals surface area contributed by atoms with Crippen LogP contribution in [0.4, 0.5) is 0 Å². The summed E-state index contributed by atoms with van der Waals surface area (Å²) in [4.78, 5) is 0. The van der Waals surface area contributed by atoms with Gasteiger partial charge in [0.05, 0.1) is 12.2 Å². The molecule has 0 bridgehead atoms. The molecule has 0 fully saturated rings. The Morgan fingerprint density at radius 3 is 1.43 bits per heavy atom. The second kappa shape index (κ2) is 14.8. The first-order valence-electron chi connectivity index (χ1n) is 9.44. The molecule has 2 atom stereocenters. The summed E-state index contributed by atoms with van der Waals surface area (Å²) in [6.07, 6.45) is 14.2. The first kappa shape index (κ1) is 20.9. The summed E-state index contributed by atoms with van der Waals surface area (Å²) in [6.45, 7) is 6.70. The van der Waals surface area contributed by atoms with Gasteiger partial charge in [0.2, 0.25) is 0 Å². The molecule has 0 aromatic rings. The molecule has 2 N–H and O–H groups in total. The Balaban J connectivity index is 3.36. The molecule has 0 aromatic carbocycles. The van der Waals surface area contributed by atoms with E-state index >= 15 is 0 Å². The Kier molecular flexibility index (Phi) is 14.8. The number of rotatable bonds is 15. The van der Waals surface area contributed by atoms with E-state index in [-0.39, 0.29) is 0 Å². The van der Waals surface area contributed by atoms with Crippen molar-refractivity contribution >= 4 is 0 Å². The number of hydrogen-bond donors (Lipinski definition) is 2. The molecule has 0 saturated carbocycles. The van der Waals surface area contributed by atoms with E-state index in [9.17, 15) is 10.2 Å². The maximum atomic E-state index is 9.95. The summed E-state index contributed by atoms with van der Waals surface area (Å²) >= 11 is 0. The van der Waals surface area contributed by atoms with E-state index in [1.165, 1.54) is 57.8 Å². The number of aliphatic hydroxyl groups is 2. The number of hydrogen-bond acceptors (Lipinski definition) is 2. The molecule has 2 unspecified atom stereocenters. The van der Waals surface area contributed by atoms with Crippen molar-refractivity contribution in [1.29, 1.82) is 0 Å². The lowest BCUT2D eigenvalue weighted by Gasteiger charge is -2.17. The van der Waals surface area contributed by atoms with Gasteiger partial charge in [-0.1, -0.05) is 91.4 Å². The molecule has 0 spiro atoms. The minimum Gasteiger partial charge on any atom is -0.390 e. The van der Waals surface area contributed by atoms with Crippen molar-refractivity contribution in [3.63, 3.8) is 0 Å². The van der Waals surface area contributed by atoms with Crippen molar-refractivity contribution in [3.05, 3.63) is 0 Å². The molecular formula is C19H40O2. The molecule has 21 heavy (non-hydrogen) atoms. The maximum Gasteiger partial charge on any atom is 0.0799 e. The molecule has 2 heteroatoms. The fourth-order valence-corrected chi connectivity index (χ4v) is 2.78. The van der Waals surface area contributed by atoms with Crippen molar-refractivity contribution in [2.24, 2.45) is 5.92 Å². The van der Waals surface area contributed by atoms with E-state index in [2.05, 4.69) is 20.8 Å². The van der Waals surface area contributed by atoms with Gasteiger partial charge in [0, 0.05) is 0 Å². The Labute approximate surface area is 133 Å². The van der Waals surface area contributed by atoms with Crippen molar-refractivity contribution in [1.82, 2.24) is 0 Å². The Morgan fingerprint density at radius 1 is 0.571 bits per heavy atom. The largest absolute Gasteiger partial charge is 0.390 e. The zero-order chi connectivity index (χ0) is 15.9. The number of aliphatic hydroxyl groups excluding tert-OH is 2. The van der Waals surface area contributed by atoms with Gasteiger partial charge >= 0.3 is 0 Å². The Morgan fingerprint density at radius 2 is 0.952 bits per heavy atom. The molecule has 0 heterocycles. The van der Waals surface area contributed by atoms with Gasteiger partial charge < -0.3 is 10.2 Å². The molecule has 0 aromatic heterocycles. The lowest BCUT2D eigenvalue weighted by Crippen LogP contribution is -2.25. The quantitative estimate of drug-likeness (QED) is 0.394. The Hall–Kier alpha value is -0.0800. The van der Waals surface area contributed by atoms with Crippen molar-refractivity contribution in [2.45, 2.75) is 116 Å². The van der Waals surface area contributed by atoms with E-state index in [0.29, 0.717) is 0 Å². The first-order chi connectivity index (χ1) is 10.1. The van der Waals surface area contributed by atoms with Gasteiger partial charge in [-0.2, -0.15) is 0 Å². The topological polar surface area (TPSA) is 40.5 Å². The summed E-state index contributed by atoms with van der Waals surface area (Å²) in [7, 11) is 0. The fraction of sp³-hybridized carbons (Fsp3) is 1.00. The Bertz CT molecular complexity index is 204. The molecule has 0 radical (unpaired) electrons. The third-order valence-corrected chi connectivity index (χ3v) is 4.33. The van der Waals surface area contributed by atoms with Crippen molar-refractivity contribution in [3.8, 4) is 0 Å². The molecule has 0 rings (SSSR count). The lowest BCUT2D eigenvalue weighted by atomic mass is 9.98. The summed E-state index contributed by atoms with van der Waals surface area (Å²) in [5.74, 6) is 0.740. The normalized spacial score (nSPS) is 14.6. The summed E-state index contributed by atoms with van der Waals surface area (Å²) < 4.78 is 0. The van der Waals surface area contributed by atoms with Crippen molar-refractivity contribution < 1.29 is 10.2 Å². The third-order valence-electron chi connectivity index (χ3n) is 4.33. The highest BCUT2D eigenvalue weighted by Crippen LogP contribution is 2.15. The van der Waals surface area contributed by atoms with Crippen LogP contribution in [-0.2, 0) is 0 Å². The van der Waals surface area contributed by atoms with Gasteiger partial charge in [-0.3, -0.25) is 0 Å². The minimum atomic E-state index is -0.512. The van der Waals surface area contributed by atoms with E-state index in [0.717, 1.165) is 31.6 Å². The highest BCUT2D eigenvalue weighted by Gasteiger charge is 2.15. The predicted molar refractivity (Wildman–Crippen MR) is 92.5 cm³/mol. The van der Waals surface area contributed by atoms with Crippen LogP contribution in [0, 0.1) is 5.92 Å². The smallest absolute Gasteiger partial charge is 0.0799 e. The van der Waals surface area contributed by atoms with Gasteiger partial charge in [-0.15, -0.1) is 0 Å². The highest BCUT2D eigenvalue weighted by atomic mass is 16.3. The van der Waals surface area contributed by atoms with Crippen LogP contribution < -0.4 is 0 Å². The van der Waals surface area contributed by atoms with E-state index in [4.69, 9.17) is 0 Å². The van der Waals surface area contributed by atoms with Gasteiger partial charge in [0.25, 0.3) is 0 Å². The molecule has 0 amide bonds. The van der Waals surface area contributed by atoms with Crippen LogP contribution >= 0.6 is 0 Å². The van der Waals surface area contributed by atoms with Crippen LogP contribution in [-0.4, -0.2) is 22.4 Å². The molecule has 0 aliphatic rings. The monoisotopic (exact) mass is 300 g/mol. The van der Waals surface area contributed by atoms with E-state index < -0.39 is 12.2 Å². The van der Waals surface area contributed by atoms with E-state index in [1.807, 2.05) is 0 Å². The minimum absolute atomic E-state index is 0.510. The second-order valence-corrected chi connectivity index (χ2v) is 7.08. The lowest BCUT2D eigenvalue weighted by molar-refractivity contribution is 0.00703. The van der Waals surface area contributed by atoms with Crippen molar-refractivity contribution in [2.75, 3.05) is 0 Å². The molecule has 0 saturated heterocycles. The van der Waals surface area contributed by atoms with Crippen LogP contribution in [0.1, 0.15) is 104 Å². The summed E-state index contributed by atoms with van der Waals surface area (Å²) in [5.41, 5.74) is 0. The SMILES string of the molecule is CCCCCCCCCCC(O)C(O)CCCCC(C)C. The standard InChI is InChI=1S/C19H40O2/c1-4-5-6-7-8-9-10-11-15-18(20)19(21)16-13-12-14-17(2)3/h17-21H,4-16H2,1-3H3. The van der Waals surface area contributed by atoms with Gasteiger partial charge in [-0.05, 0) is 18.8 Å². The maximum absolute atomic E-state index is 9.95. The van der Waals surface area contributed by atoms with Crippen LogP contribution in [0.15, 0.2) is 0 Å². The van der Waals surface area contributed by atoms with Gasteiger partial charge in [0.1, 0.15) is 0 Å². The zero-order valence-electron chi connectivity index (χ0n) is 14.8. The van der Waals surface area contributed by atoms with Crippen LogP contribution in [0.5, 0.6) is 0 Å². The molecule has 0 aliphatic heterocycles. The zero-order valence-corrected chi connectivity index (χ0v) is 14.8. The van der Waals surface area contributed by atoms with Crippen LogP contribution in [0.25, 0.3) is 0 Å².